The monoisotopic (exact) mass is 282 g/mol. The summed E-state index contributed by atoms with van der Waals surface area (Å²) >= 11 is 0. The van der Waals surface area contributed by atoms with E-state index in [9.17, 15) is 9.59 Å². The average Bonchev–Trinajstić information content (AvgIpc) is 2.75. The number of carbonyl (C=O) groups is 2. The maximum atomic E-state index is 11.8. The summed E-state index contributed by atoms with van der Waals surface area (Å²) in [5.41, 5.74) is 0. The summed E-state index contributed by atoms with van der Waals surface area (Å²) in [5, 5.41) is 9.69. The van der Waals surface area contributed by atoms with Crippen molar-refractivity contribution in [2.45, 2.75) is 13.8 Å². The molecule has 0 unspecified atom stereocenters. The number of hydrogen-bond acceptors (Lipinski definition) is 7. The molecule has 0 atom stereocenters. The molecule has 0 radical (unpaired) electrons. The van der Waals surface area contributed by atoms with Gasteiger partial charge in [-0.05, 0) is 6.92 Å². The fraction of sp³-hybridized carbons (Fsp3) is 0.500. The lowest BCUT2D eigenvalue weighted by Crippen LogP contribution is -2.37. The Bertz CT molecular complexity index is 472. The van der Waals surface area contributed by atoms with E-state index in [0.29, 0.717) is 19.0 Å². The number of hydrogen-bond donors (Lipinski definition) is 1. The maximum Gasteiger partial charge on any atom is 0.322 e. The van der Waals surface area contributed by atoms with E-state index in [1.165, 1.54) is 0 Å². The second-order valence-electron chi connectivity index (χ2n) is 3.94. The quantitative estimate of drug-likeness (QED) is 0.543. The van der Waals surface area contributed by atoms with E-state index < -0.39 is 5.97 Å². The van der Waals surface area contributed by atoms with Crippen LogP contribution in [-0.2, 0) is 14.3 Å². The van der Waals surface area contributed by atoms with Gasteiger partial charge in [0, 0.05) is 13.5 Å². The number of rotatable bonds is 8. The Labute approximate surface area is 116 Å². The Kier molecular flexibility index (Phi) is 6.38. The summed E-state index contributed by atoms with van der Waals surface area (Å²) < 4.78 is 9.87. The molecule has 8 nitrogen and oxygen atoms in total. The average molecular weight is 282 g/mol. The van der Waals surface area contributed by atoms with Gasteiger partial charge < -0.3 is 9.15 Å². The van der Waals surface area contributed by atoms with Gasteiger partial charge in [0.15, 0.2) is 0 Å². The number of nitrogens with one attached hydrogen (secondary N) is 1. The first-order chi connectivity index (χ1) is 9.55. The van der Waals surface area contributed by atoms with Crippen LogP contribution in [0.25, 0.3) is 0 Å². The minimum Gasteiger partial charge on any atom is -0.465 e. The van der Waals surface area contributed by atoms with E-state index in [4.69, 9.17) is 9.15 Å². The fourth-order valence-electron chi connectivity index (χ4n) is 1.47. The molecule has 0 aliphatic carbocycles. The minimum atomic E-state index is -0.393. The van der Waals surface area contributed by atoms with Crippen LogP contribution < -0.4 is 5.32 Å². The lowest BCUT2D eigenvalue weighted by molar-refractivity contribution is -0.144. The Morgan fingerprint density at radius 1 is 1.45 bits per heavy atom. The molecule has 20 heavy (non-hydrogen) atoms. The van der Waals surface area contributed by atoms with E-state index >= 15 is 0 Å². The van der Waals surface area contributed by atoms with Crippen LogP contribution in [0.15, 0.2) is 17.1 Å². The van der Waals surface area contributed by atoms with Crippen molar-refractivity contribution >= 4 is 17.9 Å². The molecule has 1 amide bonds. The highest BCUT2D eigenvalue weighted by Gasteiger charge is 2.15. The normalized spacial score (nSPS) is 10.3. The summed E-state index contributed by atoms with van der Waals surface area (Å²) in [6, 6.07) is 0.0298. The second-order valence-corrected chi connectivity index (χ2v) is 3.94. The lowest BCUT2D eigenvalue weighted by atomic mass is 10.4. The molecule has 110 valence electrons. The van der Waals surface area contributed by atoms with Crippen LogP contribution in [0.4, 0.5) is 6.01 Å². The summed E-state index contributed by atoms with van der Waals surface area (Å²) in [7, 11) is 0. The molecular formula is C12H18N4O4. The van der Waals surface area contributed by atoms with Gasteiger partial charge in [0.2, 0.25) is 11.8 Å². The molecule has 0 aliphatic heterocycles. The molecule has 0 bridgehead atoms. The molecule has 1 aromatic heterocycles. The first-order valence-electron chi connectivity index (χ1n) is 6.14. The number of aromatic nitrogens is 2. The van der Waals surface area contributed by atoms with E-state index in [1.807, 2.05) is 0 Å². The predicted molar refractivity (Wildman–Crippen MR) is 70.9 cm³/mol. The molecule has 0 saturated heterocycles. The molecule has 0 fully saturated rings. The van der Waals surface area contributed by atoms with Gasteiger partial charge in [-0.15, -0.1) is 11.7 Å². The largest absolute Gasteiger partial charge is 0.465 e. The first kappa shape index (κ1) is 15.8. The third-order valence-electron chi connectivity index (χ3n) is 2.18. The molecule has 1 heterocycles. The van der Waals surface area contributed by atoms with Crippen molar-refractivity contribution in [3.05, 3.63) is 18.5 Å². The number of anilines is 1. The van der Waals surface area contributed by atoms with E-state index in [2.05, 4.69) is 22.1 Å². The molecule has 0 spiro atoms. The summed E-state index contributed by atoms with van der Waals surface area (Å²) in [6.07, 6.45) is 1.60. The van der Waals surface area contributed by atoms with Crippen molar-refractivity contribution in [3.63, 3.8) is 0 Å². The Morgan fingerprint density at radius 3 is 2.75 bits per heavy atom. The van der Waals surface area contributed by atoms with Crippen molar-refractivity contribution in [2.24, 2.45) is 0 Å². The SMILES string of the molecule is C=CCN(CC(=O)Nc1nnc(C)o1)CC(=O)OCC. The van der Waals surface area contributed by atoms with Crippen molar-refractivity contribution in [3.8, 4) is 0 Å². The van der Waals surface area contributed by atoms with Crippen LogP contribution in [-0.4, -0.2) is 53.2 Å². The summed E-state index contributed by atoms with van der Waals surface area (Å²) in [5.74, 6) is -0.398. The zero-order valence-electron chi connectivity index (χ0n) is 11.6. The lowest BCUT2D eigenvalue weighted by Gasteiger charge is -2.18. The van der Waals surface area contributed by atoms with Crippen molar-refractivity contribution < 1.29 is 18.7 Å². The number of nitrogens with zero attached hydrogens (tertiary/aromatic N) is 3. The van der Waals surface area contributed by atoms with Crippen molar-refractivity contribution in [1.82, 2.24) is 15.1 Å². The molecule has 0 aromatic carbocycles. The van der Waals surface area contributed by atoms with Gasteiger partial charge in [0.1, 0.15) is 0 Å². The maximum absolute atomic E-state index is 11.8. The Hall–Kier alpha value is -2.22. The standard InChI is InChI=1S/C12H18N4O4/c1-4-6-16(8-11(18)19-5-2)7-10(17)13-12-15-14-9(3)20-12/h4H,1,5-8H2,2-3H3,(H,13,15,17). The zero-order valence-corrected chi connectivity index (χ0v) is 11.6. The van der Waals surface area contributed by atoms with Crippen LogP contribution in [0, 0.1) is 6.92 Å². The molecule has 1 N–H and O–H groups in total. The number of esters is 1. The van der Waals surface area contributed by atoms with Crippen LogP contribution in [0.3, 0.4) is 0 Å². The first-order valence-corrected chi connectivity index (χ1v) is 6.14. The summed E-state index contributed by atoms with van der Waals surface area (Å²) in [6.45, 7) is 7.61. The van der Waals surface area contributed by atoms with Crippen molar-refractivity contribution in [2.75, 3.05) is 31.6 Å². The highest BCUT2D eigenvalue weighted by Crippen LogP contribution is 2.03. The molecule has 0 saturated carbocycles. The highest BCUT2D eigenvalue weighted by molar-refractivity contribution is 5.90. The van der Waals surface area contributed by atoms with Gasteiger partial charge in [-0.3, -0.25) is 19.8 Å². The van der Waals surface area contributed by atoms with Gasteiger partial charge in [0.05, 0.1) is 19.7 Å². The van der Waals surface area contributed by atoms with Crippen LogP contribution >= 0.6 is 0 Å². The topological polar surface area (TPSA) is 97.6 Å². The predicted octanol–water partition coefficient (Wildman–Crippen LogP) is 0.368. The van der Waals surface area contributed by atoms with E-state index in [0.717, 1.165) is 0 Å². The van der Waals surface area contributed by atoms with Crippen molar-refractivity contribution in [1.29, 1.82) is 0 Å². The summed E-state index contributed by atoms with van der Waals surface area (Å²) in [4.78, 5) is 24.8. The molecule has 1 rings (SSSR count). The minimum absolute atomic E-state index is 0.00768. The number of carbonyl (C=O) groups excluding carboxylic acids is 2. The van der Waals surface area contributed by atoms with Crippen LogP contribution in [0.5, 0.6) is 0 Å². The smallest absolute Gasteiger partial charge is 0.322 e. The molecule has 0 aliphatic rings. The number of ether oxygens (including phenoxy) is 1. The molecule has 1 aromatic rings. The van der Waals surface area contributed by atoms with Gasteiger partial charge >= 0.3 is 12.0 Å². The van der Waals surface area contributed by atoms with Gasteiger partial charge in [-0.25, -0.2) is 0 Å². The highest BCUT2D eigenvalue weighted by atomic mass is 16.5. The Balaban J connectivity index is 2.49. The molecule has 8 heteroatoms. The number of aryl methyl sites for hydroxylation is 1. The van der Waals surface area contributed by atoms with E-state index in [-0.39, 0.29) is 25.0 Å². The molecular weight excluding hydrogens is 264 g/mol. The van der Waals surface area contributed by atoms with Gasteiger partial charge in [0.25, 0.3) is 0 Å². The number of amides is 1. The second kappa shape index (κ2) is 8.05. The van der Waals surface area contributed by atoms with Gasteiger partial charge in [-0.1, -0.05) is 11.2 Å². The third-order valence-corrected chi connectivity index (χ3v) is 2.18. The third kappa shape index (κ3) is 5.61. The Morgan fingerprint density at radius 2 is 2.20 bits per heavy atom. The zero-order chi connectivity index (χ0) is 15.0. The van der Waals surface area contributed by atoms with Crippen LogP contribution in [0.2, 0.25) is 0 Å². The van der Waals surface area contributed by atoms with E-state index in [1.54, 1.807) is 24.8 Å². The van der Waals surface area contributed by atoms with Gasteiger partial charge in [-0.2, -0.15) is 0 Å². The van der Waals surface area contributed by atoms with Crippen LogP contribution in [0.1, 0.15) is 12.8 Å². The fourth-order valence-corrected chi connectivity index (χ4v) is 1.47.